The summed E-state index contributed by atoms with van der Waals surface area (Å²) in [4.78, 5) is 31.0. The van der Waals surface area contributed by atoms with Gasteiger partial charge in [-0.2, -0.15) is 0 Å². The highest BCUT2D eigenvalue weighted by atomic mass is 16.8. The van der Waals surface area contributed by atoms with E-state index in [1.807, 2.05) is 49.4 Å². The number of rotatable bonds is 11. The van der Waals surface area contributed by atoms with Gasteiger partial charge in [0.25, 0.3) is 11.8 Å². The van der Waals surface area contributed by atoms with Crippen molar-refractivity contribution in [2.24, 2.45) is 0 Å². The van der Waals surface area contributed by atoms with E-state index in [1.165, 1.54) is 0 Å². The summed E-state index contributed by atoms with van der Waals surface area (Å²) in [5.41, 5.74) is 4.09. The van der Waals surface area contributed by atoms with Gasteiger partial charge in [-0.1, -0.05) is 48.5 Å². The Bertz CT molecular complexity index is 1250. The van der Waals surface area contributed by atoms with E-state index in [2.05, 4.69) is 10.8 Å². The largest absolute Gasteiger partial charge is 0.488 e. The SMILES string of the molecule is COCC(C)NC(=O)C(=Cc1ccc(C(=O)NOC2CCCCO2)cc1)COc1cccc2ccccc12. The second-order valence-corrected chi connectivity index (χ2v) is 9.23. The standard InChI is InChI=1S/C30H34N2O6/c1-21(19-35-2)31-29(33)25(20-37-27-11-7-9-23-8-3-4-10-26(23)27)18-22-13-15-24(16-14-22)30(34)32-38-28-12-5-6-17-36-28/h3-4,7-11,13-16,18,21,28H,5-6,12,17,19-20H2,1-2H3,(H,31,33)(H,32,34). The first-order valence-corrected chi connectivity index (χ1v) is 12.8. The van der Waals surface area contributed by atoms with E-state index >= 15 is 0 Å². The fourth-order valence-electron chi connectivity index (χ4n) is 4.17. The Morgan fingerprint density at radius 1 is 1.05 bits per heavy atom. The summed E-state index contributed by atoms with van der Waals surface area (Å²) >= 11 is 0. The van der Waals surface area contributed by atoms with Crippen LogP contribution in [0.1, 0.15) is 42.1 Å². The first-order valence-electron chi connectivity index (χ1n) is 12.8. The highest BCUT2D eigenvalue weighted by Gasteiger charge is 2.17. The zero-order valence-corrected chi connectivity index (χ0v) is 21.8. The van der Waals surface area contributed by atoms with Crippen molar-refractivity contribution in [3.8, 4) is 5.75 Å². The molecule has 1 heterocycles. The van der Waals surface area contributed by atoms with Crippen LogP contribution >= 0.6 is 0 Å². The third-order valence-corrected chi connectivity index (χ3v) is 6.15. The number of hydrogen-bond acceptors (Lipinski definition) is 6. The number of nitrogens with one attached hydrogen (secondary N) is 2. The minimum absolute atomic E-state index is 0.0665. The molecular weight excluding hydrogens is 484 g/mol. The van der Waals surface area contributed by atoms with Gasteiger partial charge in [0.05, 0.1) is 12.2 Å². The van der Waals surface area contributed by atoms with Crippen molar-refractivity contribution in [3.05, 3.63) is 83.4 Å². The molecule has 0 aromatic heterocycles. The molecule has 3 aromatic rings. The first-order chi connectivity index (χ1) is 18.5. The van der Waals surface area contributed by atoms with Crippen LogP contribution in [0.3, 0.4) is 0 Å². The predicted molar refractivity (Wildman–Crippen MR) is 145 cm³/mol. The number of amides is 2. The number of hydrogen-bond donors (Lipinski definition) is 2. The summed E-state index contributed by atoms with van der Waals surface area (Å²) in [6.07, 6.45) is 4.10. The van der Waals surface area contributed by atoms with Crippen LogP contribution in [-0.2, 0) is 19.1 Å². The van der Waals surface area contributed by atoms with Crippen molar-refractivity contribution in [1.82, 2.24) is 10.8 Å². The van der Waals surface area contributed by atoms with Crippen LogP contribution in [0.4, 0.5) is 0 Å². The van der Waals surface area contributed by atoms with Crippen LogP contribution in [-0.4, -0.2) is 51.1 Å². The Balaban J connectivity index is 1.47. The van der Waals surface area contributed by atoms with Crippen molar-refractivity contribution in [2.45, 2.75) is 38.5 Å². The summed E-state index contributed by atoms with van der Waals surface area (Å²) in [5.74, 6) is 0.0820. The minimum Gasteiger partial charge on any atom is -0.488 e. The van der Waals surface area contributed by atoms with Crippen LogP contribution in [0.5, 0.6) is 5.75 Å². The zero-order chi connectivity index (χ0) is 26.7. The van der Waals surface area contributed by atoms with Gasteiger partial charge in [-0.05, 0) is 55.0 Å². The highest BCUT2D eigenvalue weighted by Crippen LogP contribution is 2.26. The molecule has 2 atom stereocenters. The second-order valence-electron chi connectivity index (χ2n) is 9.23. The molecule has 0 spiro atoms. The average molecular weight is 519 g/mol. The van der Waals surface area contributed by atoms with Crippen molar-refractivity contribution < 1.29 is 28.6 Å². The molecule has 2 N–H and O–H groups in total. The van der Waals surface area contributed by atoms with E-state index in [1.54, 1.807) is 37.5 Å². The molecule has 8 heteroatoms. The number of carbonyl (C=O) groups is 2. The van der Waals surface area contributed by atoms with Crippen LogP contribution in [0.2, 0.25) is 0 Å². The Morgan fingerprint density at radius 3 is 2.61 bits per heavy atom. The zero-order valence-electron chi connectivity index (χ0n) is 21.8. The topological polar surface area (TPSA) is 95.1 Å². The molecule has 2 amide bonds. The molecule has 1 aliphatic heterocycles. The Hall–Kier alpha value is -3.72. The fraction of sp³-hybridized carbons (Fsp3) is 0.333. The van der Waals surface area contributed by atoms with Gasteiger partial charge in [0, 0.05) is 37.1 Å². The Kier molecular flexibility index (Phi) is 9.86. The molecule has 0 bridgehead atoms. The maximum atomic E-state index is 13.1. The summed E-state index contributed by atoms with van der Waals surface area (Å²) < 4.78 is 16.7. The monoisotopic (exact) mass is 518 g/mol. The normalized spacial score (nSPS) is 16.6. The maximum Gasteiger partial charge on any atom is 0.274 e. The van der Waals surface area contributed by atoms with Crippen molar-refractivity contribution in [1.29, 1.82) is 0 Å². The van der Waals surface area contributed by atoms with Gasteiger partial charge in [0.1, 0.15) is 12.4 Å². The van der Waals surface area contributed by atoms with E-state index in [0.717, 1.165) is 35.6 Å². The summed E-state index contributed by atoms with van der Waals surface area (Å²) in [7, 11) is 1.59. The van der Waals surface area contributed by atoms with Crippen molar-refractivity contribution in [3.63, 3.8) is 0 Å². The van der Waals surface area contributed by atoms with Crippen LogP contribution < -0.4 is 15.5 Å². The lowest BCUT2D eigenvalue weighted by Gasteiger charge is -2.22. The Morgan fingerprint density at radius 2 is 1.84 bits per heavy atom. The first kappa shape index (κ1) is 27.3. The molecule has 1 fully saturated rings. The van der Waals surface area contributed by atoms with Gasteiger partial charge >= 0.3 is 0 Å². The summed E-state index contributed by atoms with van der Waals surface area (Å²) in [5, 5.41) is 4.98. The number of benzene rings is 3. The molecule has 1 aliphatic rings. The van der Waals surface area contributed by atoms with Gasteiger partial charge < -0.3 is 19.5 Å². The predicted octanol–water partition coefficient (Wildman–Crippen LogP) is 4.64. The number of ether oxygens (including phenoxy) is 3. The smallest absolute Gasteiger partial charge is 0.274 e. The number of methoxy groups -OCH3 is 1. The third-order valence-electron chi connectivity index (χ3n) is 6.15. The van der Waals surface area contributed by atoms with E-state index in [-0.39, 0.29) is 24.5 Å². The molecular formula is C30H34N2O6. The molecule has 0 radical (unpaired) electrons. The van der Waals surface area contributed by atoms with E-state index < -0.39 is 6.29 Å². The average Bonchev–Trinajstić information content (AvgIpc) is 2.95. The molecule has 0 aliphatic carbocycles. The second kappa shape index (κ2) is 13.7. The van der Waals surface area contributed by atoms with Crippen LogP contribution in [0.15, 0.2) is 72.3 Å². The molecule has 1 saturated heterocycles. The van der Waals surface area contributed by atoms with E-state index in [4.69, 9.17) is 19.0 Å². The minimum atomic E-state index is -0.418. The lowest BCUT2D eigenvalue weighted by molar-refractivity contribution is -0.186. The summed E-state index contributed by atoms with van der Waals surface area (Å²) in [6, 6.07) is 20.5. The molecule has 3 aromatic carbocycles. The van der Waals surface area contributed by atoms with E-state index in [0.29, 0.717) is 30.1 Å². The lowest BCUT2D eigenvalue weighted by atomic mass is 10.1. The number of hydroxylamine groups is 1. The van der Waals surface area contributed by atoms with Gasteiger partial charge in [0.2, 0.25) is 0 Å². The summed E-state index contributed by atoms with van der Waals surface area (Å²) in [6.45, 7) is 2.96. The van der Waals surface area contributed by atoms with Gasteiger partial charge in [0.15, 0.2) is 6.29 Å². The fourth-order valence-corrected chi connectivity index (χ4v) is 4.17. The molecule has 8 nitrogen and oxygen atoms in total. The van der Waals surface area contributed by atoms with Gasteiger partial charge in [-0.25, -0.2) is 10.3 Å². The molecule has 200 valence electrons. The molecule has 4 rings (SSSR count). The highest BCUT2D eigenvalue weighted by molar-refractivity contribution is 5.99. The quantitative estimate of drug-likeness (QED) is 0.284. The number of carbonyl (C=O) groups excluding carboxylic acids is 2. The number of fused-ring (bicyclic) bond motifs is 1. The van der Waals surface area contributed by atoms with Gasteiger partial charge in [-0.3, -0.25) is 9.59 Å². The van der Waals surface area contributed by atoms with Gasteiger partial charge in [-0.15, -0.1) is 0 Å². The Labute approximate surface area is 222 Å². The van der Waals surface area contributed by atoms with Crippen LogP contribution in [0, 0.1) is 0 Å². The van der Waals surface area contributed by atoms with Crippen LogP contribution in [0.25, 0.3) is 16.8 Å². The maximum absolute atomic E-state index is 13.1. The molecule has 0 saturated carbocycles. The molecule has 2 unspecified atom stereocenters. The van der Waals surface area contributed by atoms with Crippen molar-refractivity contribution >= 4 is 28.7 Å². The van der Waals surface area contributed by atoms with E-state index in [9.17, 15) is 9.59 Å². The lowest BCUT2D eigenvalue weighted by Crippen LogP contribution is -2.37. The molecule has 38 heavy (non-hydrogen) atoms. The van der Waals surface area contributed by atoms with Crippen molar-refractivity contribution in [2.75, 3.05) is 26.9 Å². The third kappa shape index (κ3) is 7.64.